The van der Waals surface area contributed by atoms with Gasteiger partial charge < -0.3 is 0 Å². The molecule has 1 aliphatic heterocycles. The van der Waals surface area contributed by atoms with Crippen LogP contribution in [0.25, 0.3) is 0 Å². The molecule has 0 bridgehead atoms. The van der Waals surface area contributed by atoms with E-state index in [-0.39, 0.29) is 5.56 Å². The van der Waals surface area contributed by atoms with Crippen molar-refractivity contribution in [3.05, 3.63) is 35.4 Å². The summed E-state index contributed by atoms with van der Waals surface area (Å²) in [7, 11) is 0. The molecule has 1 nitrogen and oxygen atoms in total. The molecule has 0 saturated carbocycles. The van der Waals surface area contributed by atoms with Gasteiger partial charge in [-0.3, -0.25) is 4.90 Å². The first-order valence-electron chi connectivity index (χ1n) is 6.83. The Kier molecular flexibility index (Phi) is 4.80. The maximum atomic E-state index is 13.7. The van der Waals surface area contributed by atoms with Gasteiger partial charge in [0, 0.05) is 24.2 Å². The fourth-order valence-corrected chi connectivity index (χ4v) is 3.20. The molecule has 1 aromatic carbocycles. The molecule has 0 N–H and O–H groups in total. The standard InChI is InChI=1S/C15H20ClF2N/c1-10-4-3-5-11(2)19(10)9-14(16)13-8-12(17)6-7-15(13)18/h6-8,10-11,14H,3-5,9H2,1-2H3. The Morgan fingerprint density at radius 1 is 1.26 bits per heavy atom. The van der Waals surface area contributed by atoms with E-state index in [1.54, 1.807) is 0 Å². The zero-order chi connectivity index (χ0) is 14.0. The smallest absolute Gasteiger partial charge is 0.128 e. The van der Waals surface area contributed by atoms with Crippen LogP contribution >= 0.6 is 11.6 Å². The Hall–Kier alpha value is -0.670. The van der Waals surface area contributed by atoms with E-state index in [1.807, 2.05) is 0 Å². The van der Waals surface area contributed by atoms with Crippen molar-refractivity contribution in [1.82, 2.24) is 4.90 Å². The maximum Gasteiger partial charge on any atom is 0.128 e. The molecule has 1 fully saturated rings. The zero-order valence-corrected chi connectivity index (χ0v) is 12.1. The zero-order valence-electron chi connectivity index (χ0n) is 11.4. The highest BCUT2D eigenvalue weighted by Crippen LogP contribution is 2.30. The number of hydrogen-bond acceptors (Lipinski definition) is 1. The van der Waals surface area contributed by atoms with Gasteiger partial charge in [-0.15, -0.1) is 11.6 Å². The van der Waals surface area contributed by atoms with Gasteiger partial charge in [-0.25, -0.2) is 8.78 Å². The van der Waals surface area contributed by atoms with Crippen LogP contribution in [-0.4, -0.2) is 23.5 Å². The summed E-state index contributed by atoms with van der Waals surface area (Å²) in [6.45, 7) is 4.90. The second-order valence-electron chi connectivity index (χ2n) is 5.46. The summed E-state index contributed by atoms with van der Waals surface area (Å²) < 4.78 is 26.9. The normalized spacial score (nSPS) is 26.4. The van der Waals surface area contributed by atoms with Crippen molar-refractivity contribution in [3.63, 3.8) is 0 Å². The largest absolute Gasteiger partial charge is 0.296 e. The Labute approximate surface area is 118 Å². The van der Waals surface area contributed by atoms with E-state index in [0.717, 1.165) is 25.0 Å². The highest BCUT2D eigenvalue weighted by atomic mass is 35.5. The fourth-order valence-electron chi connectivity index (χ4n) is 2.87. The Morgan fingerprint density at radius 3 is 2.53 bits per heavy atom. The van der Waals surface area contributed by atoms with Crippen LogP contribution in [0.5, 0.6) is 0 Å². The number of alkyl halides is 1. The predicted molar refractivity (Wildman–Crippen MR) is 74.4 cm³/mol. The van der Waals surface area contributed by atoms with Crippen molar-refractivity contribution in [2.24, 2.45) is 0 Å². The molecule has 19 heavy (non-hydrogen) atoms. The van der Waals surface area contributed by atoms with E-state index in [2.05, 4.69) is 18.7 Å². The van der Waals surface area contributed by atoms with Gasteiger partial charge in [-0.05, 0) is 44.9 Å². The van der Waals surface area contributed by atoms with Crippen molar-refractivity contribution >= 4 is 11.6 Å². The monoisotopic (exact) mass is 287 g/mol. The summed E-state index contributed by atoms with van der Waals surface area (Å²) in [6.07, 6.45) is 3.50. The van der Waals surface area contributed by atoms with Crippen LogP contribution in [0.15, 0.2) is 18.2 Å². The number of rotatable bonds is 3. The van der Waals surface area contributed by atoms with Gasteiger partial charge in [0.2, 0.25) is 0 Å². The molecule has 0 amide bonds. The summed E-state index contributed by atoms with van der Waals surface area (Å²) in [4.78, 5) is 2.30. The molecule has 0 spiro atoms. The number of benzene rings is 1. The second kappa shape index (κ2) is 6.19. The van der Waals surface area contributed by atoms with Gasteiger partial charge in [0.25, 0.3) is 0 Å². The molecule has 1 heterocycles. The molecule has 0 radical (unpaired) electrons. The fraction of sp³-hybridized carbons (Fsp3) is 0.600. The number of likely N-dealkylation sites (tertiary alicyclic amines) is 1. The van der Waals surface area contributed by atoms with Gasteiger partial charge in [0.1, 0.15) is 11.6 Å². The summed E-state index contributed by atoms with van der Waals surface area (Å²) in [5.74, 6) is -0.875. The Bertz CT molecular complexity index is 428. The number of halogens is 3. The average molecular weight is 288 g/mol. The first-order valence-corrected chi connectivity index (χ1v) is 7.27. The topological polar surface area (TPSA) is 3.24 Å². The number of piperidine rings is 1. The first kappa shape index (κ1) is 14.7. The van der Waals surface area contributed by atoms with Crippen LogP contribution < -0.4 is 0 Å². The second-order valence-corrected chi connectivity index (χ2v) is 5.99. The van der Waals surface area contributed by atoms with E-state index >= 15 is 0 Å². The molecule has 2 rings (SSSR count). The van der Waals surface area contributed by atoms with Crippen LogP contribution in [0.4, 0.5) is 8.78 Å². The molecule has 3 unspecified atom stereocenters. The molecule has 0 aliphatic carbocycles. The lowest BCUT2D eigenvalue weighted by Crippen LogP contribution is -2.45. The Morgan fingerprint density at radius 2 is 1.89 bits per heavy atom. The van der Waals surface area contributed by atoms with Crippen LogP contribution in [0.1, 0.15) is 44.1 Å². The third-order valence-electron chi connectivity index (χ3n) is 4.04. The Balaban J connectivity index is 2.11. The lowest BCUT2D eigenvalue weighted by atomic mass is 9.96. The van der Waals surface area contributed by atoms with Gasteiger partial charge in [-0.2, -0.15) is 0 Å². The minimum Gasteiger partial charge on any atom is -0.296 e. The van der Waals surface area contributed by atoms with E-state index < -0.39 is 17.0 Å². The lowest BCUT2D eigenvalue weighted by molar-refractivity contribution is 0.103. The number of hydrogen-bond donors (Lipinski definition) is 0. The first-order chi connectivity index (χ1) is 8.99. The van der Waals surface area contributed by atoms with Gasteiger partial charge >= 0.3 is 0 Å². The average Bonchev–Trinajstić information content (AvgIpc) is 2.37. The number of nitrogens with zero attached hydrogens (tertiary/aromatic N) is 1. The molecular formula is C15H20ClF2N. The quantitative estimate of drug-likeness (QED) is 0.740. The van der Waals surface area contributed by atoms with Crippen molar-refractivity contribution in [2.45, 2.75) is 50.6 Å². The van der Waals surface area contributed by atoms with E-state index in [0.29, 0.717) is 18.6 Å². The summed E-state index contributed by atoms with van der Waals surface area (Å²) in [5, 5.41) is -0.515. The van der Waals surface area contributed by atoms with Crippen molar-refractivity contribution in [2.75, 3.05) is 6.54 Å². The minimum absolute atomic E-state index is 0.256. The lowest BCUT2D eigenvalue weighted by Gasteiger charge is -2.40. The van der Waals surface area contributed by atoms with E-state index in [1.165, 1.54) is 12.5 Å². The van der Waals surface area contributed by atoms with Crippen LogP contribution in [0, 0.1) is 11.6 Å². The third-order valence-corrected chi connectivity index (χ3v) is 4.42. The van der Waals surface area contributed by atoms with Crippen molar-refractivity contribution in [1.29, 1.82) is 0 Å². The molecule has 106 valence electrons. The molecule has 4 heteroatoms. The van der Waals surface area contributed by atoms with E-state index in [9.17, 15) is 8.78 Å². The summed E-state index contributed by atoms with van der Waals surface area (Å²) in [5.41, 5.74) is 0.256. The highest BCUT2D eigenvalue weighted by molar-refractivity contribution is 6.21. The van der Waals surface area contributed by atoms with E-state index in [4.69, 9.17) is 11.6 Å². The van der Waals surface area contributed by atoms with Gasteiger partial charge in [0.05, 0.1) is 5.38 Å². The van der Waals surface area contributed by atoms with Crippen LogP contribution in [0.3, 0.4) is 0 Å². The van der Waals surface area contributed by atoms with Crippen LogP contribution in [0.2, 0.25) is 0 Å². The van der Waals surface area contributed by atoms with Crippen LogP contribution in [-0.2, 0) is 0 Å². The SMILES string of the molecule is CC1CCCC(C)N1CC(Cl)c1cc(F)ccc1F. The third kappa shape index (κ3) is 3.46. The maximum absolute atomic E-state index is 13.7. The van der Waals surface area contributed by atoms with Gasteiger partial charge in [0.15, 0.2) is 0 Å². The van der Waals surface area contributed by atoms with Gasteiger partial charge in [-0.1, -0.05) is 6.42 Å². The minimum atomic E-state index is -0.515. The molecule has 1 aromatic rings. The molecule has 1 aliphatic rings. The highest BCUT2D eigenvalue weighted by Gasteiger charge is 2.27. The molecule has 3 atom stereocenters. The molecular weight excluding hydrogens is 268 g/mol. The van der Waals surface area contributed by atoms with Crippen molar-refractivity contribution in [3.8, 4) is 0 Å². The predicted octanol–water partition coefficient (Wildman–Crippen LogP) is 4.51. The molecule has 1 saturated heterocycles. The summed E-state index contributed by atoms with van der Waals surface area (Å²) in [6, 6.07) is 4.35. The summed E-state index contributed by atoms with van der Waals surface area (Å²) >= 11 is 6.30. The molecule has 0 aromatic heterocycles. The van der Waals surface area contributed by atoms with Crippen molar-refractivity contribution < 1.29 is 8.78 Å².